The average molecular weight is 255 g/mol. The number of aliphatic hydroxyl groups excluding tert-OH is 1. The lowest BCUT2D eigenvalue weighted by molar-refractivity contribution is -0.127. The molecule has 1 amide bonds. The van der Waals surface area contributed by atoms with Crippen LogP contribution in [0.2, 0.25) is 0 Å². The standard InChI is InChI=1S/C13H18FNO3/c1-10(13(17)15-8-2-3-9-16)18-12-6-4-11(14)5-7-12/h4-7,10,16H,2-3,8-9H2,1H3,(H,15,17). The molecule has 1 aromatic carbocycles. The summed E-state index contributed by atoms with van der Waals surface area (Å²) < 4.78 is 18.0. The number of aliphatic hydroxyl groups is 1. The van der Waals surface area contributed by atoms with Crippen molar-refractivity contribution < 1.29 is 19.0 Å². The number of hydrogen-bond acceptors (Lipinski definition) is 3. The number of carbonyl (C=O) groups is 1. The maximum atomic E-state index is 12.7. The van der Waals surface area contributed by atoms with Crippen LogP contribution in [0, 0.1) is 5.82 Å². The first kappa shape index (κ1) is 14.4. The Hall–Kier alpha value is -1.62. The van der Waals surface area contributed by atoms with Crippen molar-refractivity contribution in [3.8, 4) is 5.75 Å². The Morgan fingerprint density at radius 2 is 2.06 bits per heavy atom. The fraction of sp³-hybridized carbons (Fsp3) is 0.462. The van der Waals surface area contributed by atoms with Crippen LogP contribution in [0.3, 0.4) is 0 Å². The number of rotatable bonds is 7. The smallest absolute Gasteiger partial charge is 0.260 e. The van der Waals surface area contributed by atoms with E-state index in [1.54, 1.807) is 6.92 Å². The second kappa shape index (κ2) is 7.66. The molecule has 0 aliphatic rings. The molecule has 0 heterocycles. The van der Waals surface area contributed by atoms with Gasteiger partial charge in [-0.1, -0.05) is 0 Å². The first-order valence-electron chi connectivity index (χ1n) is 5.94. The molecule has 0 saturated heterocycles. The number of amides is 1. The van der Waals surface area contributed by atoms with Crippen molar-refractivity contribution >= 4 is 5.91 Å². The Kier molecular flexibility index (Phi) is 6.14. The third-order valence-electron chi connectivity index (χ3n) is 2.38. The third kappa shape index (κ3) is 5.14. The second-order valence-corrected chi connectivity index (χ2v) is 3.94. The molecule has 0 aliphatic carbocycles. The van der Waals surface area contributed by atoms with Gasteiger partial charge in [0.15, 0.2) is 6.10 Å². The Labute approximate surface area is 106 Å². The van der Waals surface area contributed by atoms with Gasteiger partial charge in [-0.05, 0) is 44.0 Å². The van der Waals surface area contributed by atoms with Crippen LogP contribution >= 0.6 is 0 Å². The van der Waals surface area contributed by atoms with Crippen molar-refractivity contribution in [2.45, 2.75) is 25.9 Å². The highest BCUT2D eigenvalue weighted by Gasteiger charge is 2.13. The lowest BCUT2D eigenvalue weighted by Crippen LogP contribution is -2.36. The molecule has 5 heteroatoms. The maximum absolute atomic E-state index is 12.7. The van der Waals surface area contributed by atoms with E-state index in [9.17, 15) is 9.18 Å². The van der Waals surface area contributed by atoms with Gasteiger partial charge < -0.3 is 15.2 Å². The van der Waals surface area contributed by atoms with Crippen molar-refractivity contribution in [3.05, 3.63) is 30.1 Å². The van der Waals surface area contributed by atoms with E-state index in [-0.39, 0.29) is 18.3 Å². The minimum Gasteiger partial charge on any atom is -0.481 e. The van der Waals surface area contributed by atoms with E-state index in [0.29, 0.717) is 18.7 Å². The van der Waals surface area contributed by atoms with E-state index in [0.717, 1.165) is 6.42 Å². The van der Waals surface area contributed by atoms with Crippen molar-refractivity contribution in [2.75, 3.05) is 13.2 Å². The summed E-state index contributed by atoms with van der Waals surface area (Å²) in [7, 11) is 0. The van der Waals surface area contributed by atoms with Gasteiger partial charge in [0.25, 0.3) is 5.91 Å². The zero-order chi connectivity index (χ0) is 13.4. The van der Waals surface area contributed by atoms with Crippen LogP contribution in [-0.4, -0.2) is 30.3 Å². The summed E-state index contributed by atoms with van der Waals surface area (Å²) >= 11 is 0. The van der Waals surface area contributed by atoms with Gasteiger partial charge in [0, 0.05) is 13.2 Å². The molecule has 0 bridgehead atoms. The molecule has 1 aromatic rings. The first-order chi connectivity index (χ1) is 8.63. The summed E-state index contributed by atoms with van der Waals surface area (Å²) in [5.41, 5.74) is 0. The molecule has 1 atom stereocenters. The van der Waals surface area contributed by atoms with Gasteiger partial charge in [0.1, 0.15) is 11.6 Å². The number of benzene rings is 1. The molecule has 0 aliphatic heterocycles. The highest BCUT2D eigenvalue weighted by atomic mass is 19.1. The Balaban J connectivity index is 2.33. The van der Waals surface area contributed by atoms with Gasteiger partial charge in [0.05, 0.1) is 0 Å². The molecule has 4 nitrogen and oxygen atoms in total. The topological polar surface area (TPSA) is 58.6 Å². The zero-order valence-electron chi connectivity index (χ0n) is 10.4. The monoisotopic (exact) mass is 255 g/mol. The molecule has 2 N–H and O–H groups in total. The lowest BCUT2D eigenvalue weighted by Gasteiger charge is -2.14. The van der Waals surface area contributed by atoms with Crippen molar-refractivity contribution in [1.29, 1.82) is 0 Å². The molecule has 0 fully saturated rings. The maximum Gasteiger partial charge on any atom is 0.260 e. The van der Waals surface area contributed by atoms with Gasteiger partial charge in [-0.2, -0.15) is 0 Å². The van der Waals surface area contributed by atoms with Gasteiger partial charge in [0.2, 0.25) is 0 Å². The van der Waals surface area contributed by atoms with Crippen molar-refractivity contribution in [2.24, 2.45) is 0 Å². The van der Waals surface area contributed by atoms with Crippen LogP contribution in [0.1, 0.15) is 19.8 Å². The SMILES string of the molecule is CC(Oc1ccc(F)cc1)C(=O)NCCCCO. The normalized spacial score (nSPS) is 11.9. The minimum atomic E-state index is -0.635. The first-order valence-corrected chi connectivity index (χ1v) is 5.94. The van der Waals surface area contributed by atoms with E-state index < -0.39 is 6.10 Å². The van der Waals surface area contributed by atoms with Crippen LogP contribution in [-0.2, 0) is 4.79 Å². The van der Waals surface area contributed by atoms with Gasteiger partial charge >= 0.3 is 0 Å². The lowest BCUT2D eigenvalue weighted by atomic mass is 10.3. The van der Waals surface area contributed by atoms with Crippen molar-refractivity contribution in [3.63, 3.8) is 0 Å². The third-order valence-corrected chi connectivity index (χ3v) is 2.38. The number of nitrogens with one attached hydrogen (secondary N) is 1. The van der Waals surface area contributed by atoms with Gasteiger partial charge in [-0.15, -0.1) is 0 Å². The summed E-state index contributed by atoms with van der Waals surface area (Å²) in [4.78, 5) is 11.6. The van der Waals surface area contributed by atoms with Gasteiger partial charge in [-0.25, -0.2) is 4.39 Å². The van der Waals surface area contributed by atoms with Crippen LogP contribution in [0.5, 0.6) is 5.75 Å². The Morgan fingerprint density at radius 3 is 2.67 bits per heavy atom. The summed E-state index contributed by atoms with van der Waals surface area (Å²) in [5.74, 6) is -0.116. The largest absolute Gasteiger partial charge is 0.481 e. The number of ether oxygens (including phenoxy) is 1. The second-order valence-electron chi connectivity index (χ2n) is 3.94. The number of halogens is 1. The van der Waals surface area contributed by atoms with E-state index in [1.165, 1.54) is 24.3 Å². The molecule has 1 unspecified atom stereocenters. The van der Waals surface area contributed by atoms with Crippen molar-refractivity contribution in [1.82, 2.24) is 5.32 Å². The summed E-state index contributed by atoms with van der Waals surface area (Å²) in [6.07, 6.45) is 0.753. The highest BCUT2D eigenvalue weighted by molar-refractivity contribution is 5.80. The highest BCUT2D eigenvalue weighted by Crippen LogP contribution is 2.12. The summed E-state index contributed by atoms with van der Waals surface area (Å²) in [6, 6.07) is 5.51. The molecule has 100 valence electrons. The minimum absolute atomic E-state index is 0.123. The molecule has 1 rings (SSSR count). The fourth-order valence-electron chi connectivity index (χ4n) is 1.36. The van der Waals surface area contributed by atoms with Crippen LogP contribution in [0.15, 0.2) is 24.3 Å². The molecule has 0 spiro atoms. The Bertz CT molecular complexity index is 367. The predicted octanol–water partition coefficient (Wildman–Crippen LogP) is 1.48. The number of unbranched alkanes of at least 4 members (excludes halogenated alkanes) is 1. The number of carbonyl (C=O) groups excluding carboxylic acids is 1. The Morgan fingerprint density at radius 1 is 1.39 bits per heavy atom. The predicted molar refractivity (Wildman–Crippen MR) is 65.8 cm³/mol. The molecule has 0 radical (unpaired) electrons. The van der Waals surface area contributed by atoms with E-state index in [2.05, 4.69) is 5.32 Å². The molecule has 0 saturated carbocycles. The number of hydrogen-bond donors (Lipinski definition) is 2. The average Bonchev–Trinajstić information content (AvgIpc) is 2.37. The van der Waals surface area contributed by atoms with Crippen LogP contribution < -0.4 is 10.1 Å². The van der Waals surface area contributed by atoms with E-state index in [1.807, 2.05) is 0 Å². The molecule has 0 aromatic heterocycles. The van der Waals surface area contributed by atoms with Gasteiger partial charge in [-0.3, -0.25) is 4.79 Å². The molecular formula is C13H18FNO3. The zero-order valence-corrected chi connectivity index (χ0v) is 10.4. The molecule has 18 heavy (non-hydrogen) atoms. The summed E-state index contributed by atoms with van der Waals surface area (Å²) in [6.45, 7) is 2.26. The van der Waals surface area contributed by atoms with E-state index >= 15 is 0 Å². The quantitative estimate of drug-likeness (QED) is 0.726. The molecular weight excluding hydrogens is 237 g/mol. The summed E-state index contributed by atoms with van der Waals surface area (Å²) in [5, 5.41) is 11.3. The van der Waals surface area contributed by atoms with Crippen LogP contribution in [0.25, 0.3) is 0 Å². The van der Waals surface area contributed by atoms with Crippen LogP contribution in [0.4, 0.5) is 4.39 Å². The van der Waals surface area contributed by atoms with E-state index in [4.69, 9.17) is 9.84 Å². The fourth-order valence-corrected chi connectivity index (χ4v) is 1.36.